The molecule has 102 valence electrons. The van der Waals surface area contributed by atoms with Gasteiger partial charge < -0.3 is 5.73 Å². The third kappa shape index (κ3) is 3.06. The summed E-state index contributed by atoms with van der Waals surface area (Å²) in [5.74, 6) is -0.0363. The molecule has 2 aromatic heterocycles. The number of nitrogens with two attached hydrogens (primary N) is 1. The Kier molecular flexibility index (Phi) is 3.78. The molecule has 0 amide bonds. The first-order chi connectivity index (χ1) is 8.92. The maximum absolute atomic E-state index is 12.1. The molecular weight excluding hydrogens is 286 g/mol. The number of sulfonamides is 1. The molecule has 0 aliphatic heterocycles. The molecule has 9 heteroatoms. The number of aryl methyl sites for hydroxylation is 2. The van der Waals surface area contributed by atoms with Crippen LogP contribution in [0.15, 0.2) is 15.7 Å². The summed E-state index contributed by atoms with van der Waals surface area (Å²) in [5, 5.41) is 9.23. The third-order valence-corrected chi connectivity index (χ3v) is 5.26. The summed E-state index contributed by atoms with van der Waals surface area (Å²) in [5.41, 5.74) is 7.50. The van der Waals surface area contributed by atoms with E-state index in [1.165, 1.54) is 6.07 Å². The Morgan fingerprint density at radius 3 is 2.63 bits per heavy atom. The minimum Gasteiger partial charge on any atom is -0.326 e. The largest absolute Gasteiger partial charge is 0.326 e. The molecular formula is C10H13N5O2S2. The van der Waals surface area contributed by atoms with Crippen molar-refractivity contribution < 1.29 is 8.42 Å². The van der Waals surface area contributed by atoms with Crippen molar-refractivity contribution in [1.29, 1.82) is 0 Å². The number of rotatable bonds is 4. The summed E-state index contributed by atoms with van der Waals surface area (Å²) in [6, 6.07) is 1.53. The fourth-order valence-corrected chi connectivity index (χ4v) is 3.43. The highest BCUT2D eigenvalue weighted by Crippen LogP contribution is 2.21. The van der Waals surface area contributed by atoms with Gasteiger partial charge in [-0.05, 0) is 30.9 Å². The molecule has 3 N–H and O–H groups in total. The predicted molar refractivity (Wildman–Crippen MR) is 72.3 cm³/mol. The molecule has 0 spiro atoms. The maximum Gasteiger partial charge on any atom is 0.273 e. The van der Waals surface area contributed by atoms with Crippen molar-refractivity contribution in [1.82, 2.24) is 15.2 Å². The van der Waals surface area contributed by atoms with Crippen LogP contribution in [0.4, 0.5) is 5.95 Å². The van der Waals surface area contributed by atoms with Crippen LogP contribution in [0.3, 0.4) is 0 Å². The van der Waals surface area contributed by atoms with Crippen molar-refractivity contribution in [2.45, 2.75) is 24.6 Å². The average Bonchev–Trinajstić information content (AvgIpc) is 2.83. The third-order valence-electron chi connectivity index (χ3n) is 2.45. The Labute approximate surface area is 115 Å². The van der Waals surface area contributed by atoms with Gasteiger partial charge in [-0.2, -0.15) is 5.10 Å². The standard InChI is InChI=1S/C10H13N5O2S2/c1-6-7(2)13-14-10(12-6)15-19(16,17)9-3-8(4-11)5-18-9/h3,5H,4,11H2,1-2H3,(H,12,14,15). The van der Waals surface area contributed by atoms with E-state index in [4.69, 9.17) is 5.73 Å². The van der Waals surface area contributed by atoms with Crippen molar-refractivity contribution in [3.05, 3.63) is 28.4 Å². The second-order valence-corrected chi connectivity index (χ2v) is 6.71. The molecule has 0 saturated carbocycles. The van der Waals surface area contributed by atoms with Crippen LogP contribution in [-0.2, 0) is 16.6 Å². The van der Waals surface area contributed by atoms with Crippen LogP contribution in [-0.4, -0.2) is 23.6 Å². The fourth-order valence-electron chi connectivity index (χ4n) is 1.27. The summed E-state index contributed by atoms with van der Waals surface area (Å²) >= 11 is 1.10. The number of thiophene rings is 1. The lowest BCUT2D eigenvalue weighted by molar-refractivity contribution is 0.602. The van der Waals surface area contributed by atoms with E-state index in [9.17, 15) is 8.42 Å². The van der Waals surface area contributed by atoms with Crippen LogP contribution in [0.5, 0.6) is 0 Å². The Balaban J connectivity index is 2.28. The van der Waals surface area contributed by atoms with Crippen LogP contribution in [0.25, 0.3) is 0 Å². The molecule has 0 aromatic carbocycles. The molecule has 2 rings (SSSR count). The monoisotopic (exact) mass is 299 g/mol. The van der Waals surface area contributed by atoms with Gasteiger partial charge in [0.1, 0.15) is 4.21 Å². The number of aromatic nitrogens is 3. The summed E-state index contributed by atoms with van der Waals surface area (Å²) in [7, 11) is -3.68. The quantitative estimate of drug-likeness (QED) is 0.864. The highest BCUT2D eigenvalue weighted by molar-refractivity contribution is 7.94. The summed E-state index contributed by atoms with van der Waals surface area (Å²) in [4.78, 5) is 4.03. The van der Waals surface area contributed by atoms with Crippen molar-refractivity contribution in [3.63, 3.8) is 0 Å². The Morgan fingerprint density at radius 2 is 2.05 bits per heavy atom. The minimum atomic E-state index is -3.68. The molecule has 0 bridgehead atoms. The van der Waals surface area contributed by atoms with E-state index in [1.54, 1.807) is 19.2 Å². The molecule has 7 nitrogen and oxygen atoms in total. The zero-order valence-electron chi connectivity index (χ0n) is 10.4. The first-order valence-corrected chi connectivity index (χ1v) is 7.77. The summed E-state index contributed by atoms with van der Waals surface area (Å²) in [6.45, 7) is 3.79. The number of hydrogen-bond acceptors (Lipinski definition) is 7. The minimum absolute atomic E-state index is 0.0363. The first kappa shape index (κ1) is 13.8. The van der Waals surface area contributed by atoms with Crippen LogP contribution in [0.1, 0.15) is 17.0 Å². The molecule has 19 heavy (non-hydrogen) atoms. The topological polar surface area (TPSA) is 111 Å². The van der Waals surface area contributed by atoms with E-state index in [1.807, 2.05) is 0 Å². The van der Waals surface area contributed by atoms with Gasteiger partial charge in [-0.25, -0.2) is 18.1 Å². The molecule has 0 aliphatic rings. The van der Waals surface area contributed by atoms with Gasteiger partial charge in [-0.15, -0.1) is 16.4 Å². The number of anilines is 1. The van der Waals surface area contributed by atoms with Crippen molar-refractivity contribution in [2.75, 3.05) is 4.72 Å². The van der Waals surface area contributed by atoms with Gasteiger partial charge in [0.2, 0.25) is 0 Å². The van der Waals surface area contributed by atoms with Gasteiger partial charge in [0.15, 0.2) is 0 Å². The van der Waals surface area contributed by atoms with Crippen molar-refractivity contribution in [3.8, 4) is 0 Å². The Morgan fingerprint density at radius 1 is 1.32 bits per heavy atom. The zero-order chi connectivity index (χ0) is 14.0. The van der Waals surface area contributed by atoms with Crippen LogP contribution in [0, 0.1) is 13.8 Å². The smallest absolute Gasteiger partial charge is 0.273 e. The van der Waals surface area contributed by atoms with Gasteiger partial charge in [-0.1, -0.05) is 0 Å². The van der Waals surface area contributed by atoms with Gasteiger partial charge in [0.25, 0.3) is 16.0 Å². The second-order valence-electron chi connectivity index (χ2n) is 3.89. The SMILES string of the molecule is Cc1nnc(NS(=O)(=O)c2cc(CN)cs2)nc1C. The van der Waals surface area contributed by atoms with Crippen LogP contribution < -0.4 is 10.5 Å². The van der Waals surface area contributed by atoms with Gasteiger partial charge >= 0.3 is 0 Å². The highest BCUT2D eigenvalue weighted by atomic mass is 32.2. The van der Waals surface area contributed by atoms with E-state index in [2.05, 4.69) is 19.9 Å². The zero-order valence-corrected chi connectivity index (χ0v) is 12.0. The van der Waals surface area contributed by atoms with E-state index in [0.717, 1.165) is 16.9 Å². The van der Waals surface area contributed by atoms with Crippen LogP contribution >= 0.6 is 11.3 Å². The van der Waals surface area contributed by atoms with Gasteiger partial charge in [0.05, 0.1) is 11.4 Å². The first-order valence-electron chi connectivity index (χ1n) is 5.40. The lowest BCUT2D eigenvalue weighted by Crippen LogP contribution is -2.15. The van der Waals surface area contributed by atoms with Crippen molar-refractivity contribution in [2.24, 2.45) is 5.73 Å². The molecule has 0 radical (unpaired) electrons. The number of nitrogens with zero attached hydrogens (tertiary/aromatic N) is 3. The second kappa shape index (κ2) is 5.19. The van der Waals surface area contributed by atoms with E-state index >= 15 is 0 Å². The molecule has 0 fully saturated rings. The normalized spacial score (nSPS) is 11.5. The van der Waals surface area contributed by atoms with Gasteiger partial charge in [-0.3, -0.25) is 0 Å². The molecule has 0 saturated heterocycles. The molecule has 0 atom stereocenters. The lowest BCUT2D eigenvalue weighted by atomic mass is 10.4. The number of nitrogens with one attached hydrogen (secondary N) is 1. The Hall–Kier alpha value is -1.58. The highest BCUT2D eigenvalue weighted by Gasteiger charge is 2.18. The van der Waals surface area contributed by atoms with Crippen molar-refractivity contribution >= 4 is 27.3 Å². The average molecular weight is 299 g/mol. The fraction of sp³-hybridized carbons (Fsp3) is 0.300. The maximum atomic E-state index is 12.1. The Bertz CT molecular complexity index is 696. The number of hydrogen-bond donors (Lipinski definition) is 2. The van der Waals surface area contributed by atoms with E-state index < -0.39 is 10.0 Å². The van der Waals surface area contributed by atoms with E-state index in [-0.39, 0.29) is 10.2 Å². The molecule has 2 aromatic rings. The summed E-state index contributed by atoms with van der Waals surface area (Å²) < 4.78 is 26.6. The summed E-state index contributed by atoms with van der Waals surface area (Å²) in [6.07, 6.45) is 0. The van der Waals surface area contributed by atoms with Gasteiger partial charge in [0, 0.05) is 6.54 Å². The van der Waals surface area contributed by atoms with Crippen LogP contribution in [0.2, 0.25) is 0 Å². The molecule has 2 heterocycles. The lowest BCUT2D eigenvalue weighted by Gasteiger charge is -2.05. The molecule has 0 aliphatic carbocycles. The van der Waals surface area contributed by atoms with E-state index in [0.29, 0.717) is 17.9 Å². The predicted octanol–water partition coefficient (Wildman–Crippen LogP) is 0.809. The molecule has 0 unspecified atom stereocenters.